The van der Waals surface area contributed by atoms with Gasteiger partial charge >= 0.3 is 0 Å². The van der Waals surface area contributed by atoms with E-state index < -0.39 is 0 Å². The molecular formula is C6H12FNO2. The maximum atomic E-state index is 11.2. The van der Waals surface area contributed by atoms with E-state index in [1.54, 1.807) is 0 Å². The minimum Gasteiger partial charge on any atom is -0.351 e. The van der Waals surface area contributed by atoms with Gasteiger partial charge in [-0.1, -0.05) is 6.92 Å². The fourth-order valence-corrected chi connectivity index (χ4v) is 0.625. The standard InChI is InChI=1S/C6H12FNO2/c1-3-6(4-10-7)8-5(2)9/h6H,3-4H2,1-2H3,(H,8,9). The van der Waals surface area contributed by atoms with Crippen LogP contribution in [-0.2, 0) is 9.74 Å². The quantitative estimate of drug-likeness (QED) is 0.642. The summed E-state index contributed by atoms with van der Waals surface area (Å²) in [5, 5.41) is 2.53. The van der Waals surface area contributed by atoms with Gasteiger partial charge in [-0.25, -0.2) is 0 Å². The average molecular weight is 149 g/mol. The first-order chi connectivity index (χ1) is 4.70. The molecule has 0 aliphatic carbocycles. The Balaban J connectivity index is 3.49. The van der Waals surface area contributed by atoms with Crippen LogP contribution in [0.15, 0.2) is 0 Å². The highest BCUT2D eigenvalue weighted by Gasteiger charge is 2.06. The van der Waals surface area contributed by atoms with Crippen LogP contribution in [0.5, 0.6) is 0 Å². The molecular weight excluding hydrogens is 137 g/mol. The van der Waals surface area contributed by atoms with E-state index in [-0.39, 0.29) is 18.6 Å². The van der Waals surface area contributed by atoms with Crippen LogP contribution in [0, 0.1) is 0 Å². The van der Waals surface area contributed by atoms with Gasteiger partial charge in [-0.3, -0.25) is 4.79 Å². The van der Waals surface area contributed by atoms with E-state index in [9.17, 15) is 9.32 Å². The lowest BCUT2D eigenvalue weighted by atomic mass is 10.2. The van der Waals surface area contributed by atoms with Gasteiger partial charge in [-0.15, -0.1) is 0 Å². The molecule has 0 aromatic heterocycles. The van der Waals surface area contributed by atoms with Gasteiger partial charge in [0.2, 0.25) is 5.91 Å². The van der Waals surface area contributed by atoms with E-state index in [1.165, 1.54) is 6.92 Å². The molecule has 1 atom stereocenters. The summed E-state index contributed by atoms with van der Waals surface area (Å²) in [5.41, 5.74) is 0. The van der Waals surface area contributed by atoms with Gasteiger partial charge in [-0.05, 0) is 10.9 Å². The van der Waals surface area contributed by atoms with Crippen molar-refractivity contribution in [3.8, 4) is 0 Å². The molecule has 10 heavy (non-hydrogen) atoms. The molecule has 0 aliphatic rings. The molecule has 0 aliphatic heterocycles. The van der Waals surface area contributed by atoms with Gasteiger partial charge in [0, 0.05) is 6.92 Å². The van der Waals surface area contributed by atoms with Crippen molar-refractivity contribution < 1.29 is 14.3 Å². The fourth-order valence-electron chi connectivity index (χ4n) is 0.625. The number of carbonyl (C=O) groups excluding carboxylic acids is 1. The minimum absolute atomic E-state index is 0.0733. The Bertz CT molecular complexity index is 108. The molecule has 0 bridgehead atoms. The van der Waals surface area contributed by atoms with Crippen molar-refractivity contribution in [2.75, 3.05) is 6.61 Å². The molecule has 0 aromatic carbocycles. The van der Waals surface area contributed by atoms with E-state index in [1.807, 2.05) is 6.92 Å². The smallest absolute Gasteiger partial charge is 0.217 e. The second kappa shape index (κ2) is 5.17. The van der Waals surface area contributed by atoms with Crippen LogP contribution < -0.4 is 5.32 Å². The third kappa shape index (κ3) is 4.26. The highest BCUT2D eigenvalue weighted by Crippen LogP contribution is 1.91. The molecule has 0 saturated heterocycles. The van der Waals surface area contributed by atoms with Crippen LogP contribution in [0.1, 0.15) is 20.3 Å². The number of nitrogens with one attached hydrogen (secondary N) is 1. The zero-order chi connectivity index (χ0) is 7.98. The van der Waals surface area contributed by atoms with Gasteiger partial charge in [0.25, 0.3) is 0 Å². The Morgan fingerprint density at radius 2 is 2.40 bits per heavy atom. The maximum Gasteiger partial charge on any atom is 0.217 e. The molecule has 1 N–H and O–H groups in total. The lowest BCUT2D eigenvalue weighted by Gasteiger charge is -2.11. The Kier molecular flexibility index (Phi) is 4.84. The van der Waals surface area contributed by atoms with Crippen LogP contribution in [0.4, 0.5) is 4.53 Å². The van der Waals surface area contributed by atoms with Crippen molar-refractivity contribution in [2.45, 2.75) is 26.3 Å². The van der Waals surface area contributed by atoms with Crippen LogP contribution >= 0.6 is 0 Å². The van der Waals surface area contributed by atoms with E-state index in [0.717, 1.165) is 0 Å². The largest absolute Gasteiger partial charge is 0.351 e. The Morgan fingerprint density at radius 3 is 2.70 bits per heavy atom. The first-order valence-corrected chi connectivity index (χ1v) is 3.21. The van der Waals surface area contributed by atoms with Crippen LogP contribution in [0.3, 0.4) is 0 Å². The number of rotatable bonds is 4. The number of amides is 1. The average Bonchev–Trinajstić information content (AvgIpc) is 1.86. The molecule has 0 heterocycles. The molecule has 3 nitrogen and oxygen atoms in total. The normalized spacial score (nSPS) is 12.7. The molecule has 0 fully saturated rings. The summed E-state index contributed by atoms with van der Waals surface area (Å²) < 4.78 is 11.2. The fraction of sp³-hybridized carbons (Fsp3) is 0.833. The molecule has 0 spiro atoms. The first-order valence-electron chi connectivity index (χ1n) is 3.21. The number of hydrogen-bond donors (Lipinski definition) is 1. The molecule has 4 heteroatoms. The SMILES string of the molecule is CCC(COF)NC(C)=O. The number of hydrogen-bond acceptors (Lipinski definition) is 2. The van der Waals surface area contributed by atoms with Crippen LogP contribution in [0.25, 0.3) is 0 Å². The Labute approximate surface area is 59.5 Å². The van der Waals surface area contributed by atoms with E-state index in [4.69, 9.17) is 0 Å². The van der Waals surface area contributed by atoms with Crippen molar-refractivity contribution in [3.05, 3.63) is 0 Å². The predicted octanol–water partition coefficient (Wildman–Crippen LogP) is 0.802. The van der Waals surface area contributed by atoms with Crippen molar-refractivity contribution >= 4 is 5.91 Å². The zero-order valence-electron chi connectivity index (χ0n) is 6.19. The summed E-state index contributed by atoms with van der Waals surface area (Å²) in [4.78, 5) is 13.8. The van der Waals surface area contributed by atoms with Crippen molar-refractivity contribution in [2.24, 2.45) is 0 Å². The number of carbonyl (C=O) groups is 1. The molecule has 0 saturated carbocycles. The molecule has 1 unspecified atom stereocenters. The molecule has 1 amide bonds. The minimum atomic E-state index is -0.206. The maximum absolute atomic E-state index is 11.2. The van der Waals surface area contributed by atoms with Gasteiger partial charge in [0.1, 0.15) is 6.61 Å². The predicted molar refractivity (Wildman–Crippen MR) is 35.0 cm³/mol. The highest BCUT2D eigenvalue weighted by atomic mass is 19.3. The lowest BCUT2D eigenvalue weighted by Crippen LogP contribution is -2.35. The zero-order valence-corrected chi connectivity index (χ0v) is 6.19. The van der Waals surface area contributed by atoms with Crippen molar-refractivity contribution in [3.63, 3.8) is 0 Å². The third-order valence-electron chi connectivity index (χ3n) is 1.16. The summed E-state index contributed by atoms with van der Waals surface area (Å²) >= 11 is 0. The third-order valence-corrected chi connectivity index (χ3v) is 1.16. The molecule has 0 aromatic rings. The first kappa shape index (κ1) is 9.36. The molecule has 0 radical (unpaired) electrons. The topological polar surface area (TPSA) is 38.3 Å². The van der Waals surface area contributed by atoms with Gasteiger partial charge < -0.3 is 5.32 Å². The Morgan fingerprint density at radius 1 is 1.80 bits per heavy atom. The summed E-state index contributed by atoms with van der Waals surface area (Å²) in [6.45, 7) is 3.16. The van der Waals surface area contributed by atoms with E-state index >= 15 is 0 Å². The van der Waals surface area contributed by atoms with E-state index in [0.29, 0.717) is 6.42 Å². The Hall–Kier alpha value is -0.640. The summed E-state index contributed by atoms with van der Waals surface area (Å²) in [7, 11) is 0. The second-order valence-electron chi connectivity index (χ2n) is 2.08. The lowest BCUT2D eigenvalue weighted by molar-refractivity contribution is -0.142. The summed E-state index contributed by atoms with van der Waals surface area (Å²) in [6.07, 6.45) is 0.670. The molecule has 60 valence electrons. The van der Waals surface area contributed by atoms with Gasteiger partial charge in [-0.2, -0.15) is 4.94 Å². The van der Waals surface area contributed by atoms with Crippen LogP contribution in [-0.4, -0.2) is 18.6 Å². The van der Waals surface area contributed by atoms with Gasteiger partial charge in [0.15, 0.2) is 0 Å². The summed E-state index contributed by atoms with van der Waals surface area (Å²) in [5.74, 6) is -0.163. The highest BCUT2D eigenvalue weighted by molar-refractivity contribution is 5.73. The monoisotopic (exact) mass is 149 g/mol. The van der Waals surface area contributed by atoms with Crippen molar-refractivity contribution in [1.82, 2.24) is 5.32 Å². The second-order valence-corrected chi connectivity index (χ2v) is 2.08. The summed E-state index contributed by atoms with van der Waals surface area (Å²) in [6, 6.07) is -0.206. The van der Waals surface area contributed by atoms with Crippen molar-refractivity contribution in [1.29, 1.82) is 0 Å². The van der Waals surface area contributed by atoms with Gasteiger partial charge in [0.05, 0.1) is 6.04 Å². The molecule has 0 rings (SSSR count). The van der Waals surface area contributed by atoms with Crippen LogP contribution in [0.2, 0.25) is 0 Å². The van der Waals surface area contributed by atoms with E-state index in [2.05, 4.69) is 10.3 Å². The number of halogens is 1.